The number of nitrogens with two attached hydrogens (primary N) is 1. The molecule has 0 aliphatic carbocycles. The van der Waals surface area contributed by atoms with E-state index in [1.54, 1.807) is 24.4 Å². The number of hydrogen-bond acceptors (Lipinski definition) is 3. The van der Waals surface area contributed by atoms with Gasteiger partial charge in [0.2, 0.25) is 0 Å². The molecule has 21 heavy (non-hydrogen) atoms. The van der Waals surface area contributed by atoms with Crippen LogP contribution in [0.5, 0.6) is 0 Å². The van der Waals surface area contributed by atoms with Gasteiger partial charge in [0.1, 0.15) is 5.82 Å². The summed E-state index contributed by atoms with van der Waals surface area (Å²) >= 11 is 0. The smallest absolute Gasteiger partial charge is 0.132 e. The molecule has 1 aliphatic heterocycles. The standard InChI is InChI=1S/C17H22FN3/c18-16-7-6-13(17-15(16)5-3-10-20-17)12-21-11-2-1-4-14(21)8-9-19/h3,5-7,10,14H,1-2,4,8-9,11-12,19H2. The van der Waals surface area contributed by atoms with E-state index < -0.39 is 0 Å². The number of piperidine rings is 1. The Labute approximate surface area is 125 Å². The number of hydrogen-bond donors (Lipinski definition) is 1. The minimum Gasteiger partial charge on any atom is -0.330 e. The zero-order valence-corrected chi connectivity index (χ0v) is 12.3. The fourth-order valence-electron chi connectivity index (χ4n) is 3.33. The molecule has 0 radical (unpaired) electrons. The molecule has 1 aromatic heterocycles. The second-order valence-corrected chi connectivity index (χ2v) is 5.80. The van der Waals surface area contributed by atoms with E-state index in [0.717, 1.165) is 37.1 Å². The molecule has 2 heterocycles. The lowest BCUT2D eigenvalue weighted by Crippen LogP contribution is -2.40. The Balaban J connectivity index is 1.88. The minimum atomic E-state index is -0.195. The van der Waals surface area contributed by atoms with E-state index in [1.165, 1.54) is 19.3 Å². The van der Waals surface area contributed by atoms with Crippen molar-refractivity contribution in [2.75, 3.05) is 13.1 Å². The number of likely N-dealkylation sites (tertiary alicyclic amines) is 1. The number of aromatic nitrogens is 1. The van der Waals surface area contributed by atoms with Crippen LogP contribution < -0.4 is 5.73 Å². The lowest BCUT2D eigenvalue weighted by molar-refractivity contribution is 0.134. The van der Waals surface area contributed by atoms with Crippen molar-refractivity contribution in [3.05, 3.63) is 41.8 Å². The zero-order valence-electron chi connectivity index (χ0n) is 12.3. The van der Waals surface area contributed by atoms with Crippen molar-refractivity contribution >= 4 is 10.9 Å². The van der Waals surface area contributed by atoms with E-state index >= 15 is 0 Å². The molecule has 0 amide bonds. The molecule has 1 atom stereocenters. The molecule has 0 saturated carbocycles. The third-order valence-electron chi connectivity index (χ3n) is 4.42. The average Bonchev–Trinajstić information content (AvgIpc) is 2.52. The topological polar surface area (TPSA) is 42.1 Å². The predicted molar refractivity (Wildman–Crippen MR) is 83.4 cm³/mol. The fourth-order valence-corrected chi connectivity index (χ4v) is 3.33. The number of fused-ring (bicyclic) bond motifs is 1. The molecule has 0 bridgehead atoms. The van der Waals surface area contributed by atoms with Crippen LogP contribution in [0.15, 0.2) is 30.5 Å². The van der Waals surface area contributed by atoms with Gasteiger partial charge >= 0.3 is 0 Å². The Kier molecular flexibility index (Phi) is 4.46. The normalized spacial score (nSPS) is 20.0. The number of pyridine rings is 1. The highest BCUT2D eigenvalue weighted by Gasteiger charge is 2.22. The van der Waals surface area contributed by atoms with E-state index in [0.29, 0.717) is 11.4 Å². The molecule has 4 heteroatoms. The Morgan fingerprint density at radius 2 is 2.19 bits per heavy atom. The summed E-state index contributed by atoms with van der Waals surface area (Å²) in [6.07, 6.45) is 6.49. The van der Waals surface area contributed by atoms with Gasteiger partial charge in [-0.3, -0.25) is 9.88 Å². The average molecular weight is 287 g/mol. The first-order valence-electron chi connectivity index (χ1n) is 7.76. The summed E-state index contributed by atoms with van der Waals surface area (Å²) < 4.78 is 13.9. The van der Waals surface area contributed by atoms with Crippen LogP contribution in [0, 0.1) is 5.82 Å². The zero-order chi connectivity index (χ0) is 14.7. The van der Waals surface area contributed by atoms with Gasteiger partial charge < -0.3 is 5.73 Å². The van der Waals surface area contributed by atoms with Crippen molar-refractivity contribution in [1.29, 1.82) is 0 Å². The van der Waals surface area contributed by atoms with Crippen molar-refractivity contribution in [3.8, 4) is 0 Å². The molecule has 1 saturated heterocycles. The van der Waals surface area contributed by atoms with Crippen LogP contribution in [0.25, 0.3) is 10.9 Å². The Morgan fingerprint density at radius 3 is 3.05 bits per heavy atom. The maximum Gasteiger partial charge on any atom is 0.132 e. The molecular weight excluding hydrogens is 265 g/mol. The van der Waals surface area contributed by atoms with Gasteiger partial charge in [-0.1, -0.05) is 12.5 Å². The maximum absolute atomic E-state index is 13.9. The quantitative estimate of drug-likeness (QED) is 0.939. The number of rotatable bonds is 4. The highest BCUT2D eigenvalue weighted by atomic mass is 19.1. The van der Waals surface area contributed by atoms with Crippen molar-refractivity contribution in [2.45, 2.75) is 38.3 Å². The fraction of sp³-hybridized carbons (Fsp3) is 0.471. The Bertz CT molecular complexity index is 612. The first kappa shape index (κ1) is 14.4. The van der Waals surface area contributed by atoms with Gasteiger partial charge in [0.15, 0.2) is 0 Å². The summed E-state index contributed by atoms with van der Waals surface area (Å²) in [6, 6.07) is 7.56. The van der Waals surface area contributed by atoms with E-state index in [9.17, 15) is 4.39 Å². The molecule has 2 aromatic rings. The number of nitrogens with zero attached hydrogens (tertiary/aromatic N) is 2. The van der Waals surface area contributed by atoms with Crippen molar-refractivity contribution in [2.24, 2.45) is 5.73 Å². The minimum absolute atomic E-state index is 0.195. The molecule has 1 aromatic carbocycles. The summed E-state index contributed by atoms with van der Waals surface area (Å²) in [4.78, 5) is 6.87. The molecule has 112 valence electrons. The van der Waals surface area contributed by atoms with Crippen LogP contribution in [-0.2, 0) is 6.54 Å². The van der Waals surface area contributed by atoms with E-state index in [4.69, 9.17) is 5.73 Å². The van der Waals surface area contributed by atoms with Gasteiger partial charge in [-0.2, -0.15) is 0 Å². The summed E-state index contributed by atoms with van der Waals surface area (Å²) in [5.74, 6) is -0.195. The first-order valence-corrected chi connectivity index (χ1v) is 7.76. The van der Waals surface area contributed by atoms with Gasteiger partial charge in [-0.25, -0.2) is 4.39 Å². The molecule has 0 spiro atoms. The van der Waals surface area contributed by atoms with Crippen LogP contribution in [0.2, 0.25) is 0 Å². The summed E-state index contributed by atoms with van der Waals surface area (Å²) in [6.45, 7) is 2.65. The summed E-state index contributed by atoms with van der Waals surface area (Å²) in [5, 5.41) is 0.613. The number of benzene rings is 1. The van der Waals surface area contributed by atoms with Crippen LogP contribution >= 0.6 is 0 Å². The monoisotopic (exact) mass is 287 g/mol. The van der Waals surface area contributed by atoms with Crippen molar-refractivity contribution in [3.63, 3.8) is 0 Å². The highest BCUT2D eigenvalue weighted by molar-refractivity contribution is 5.82. The van der Waals surface area contributed by atoms with Crippen molar-refractivity contribution < 1.29 is 4.39 Å². The number of halogens is 1. The molecule has 1 aliphatic rings. The second kappa shape index (κ2) is 6.50. The second-order valence-electron chi connectivity index (χ2n) is 5.80. The van der Waals surface area contributed by atoms with E-state index in [2.05, 4.69) is 9.88 Å². The molecule has 2 N–H and O–H groups in total. The summed E-state index contributed by atoms with van der Waals surface area (Å²) in [7, 11) is 0. The third-order valence-corrected chi connectivity index (χ3v) is 4.42. The molecule has 1 fully saturated rings. The molecule has 1 unspecified atom stereocenters. The van der Waals surface area contributed by atoms with Gasteiger partial charge in [-0.15, -0.1) is 0 Å². The SMILES string of the molecule is NCCC1CCCCN1Cc1ccc(F)c2cccnc12. The summed E-state index contributed by atoms with van der Waals surface area (Å²) in [5.41, 5.74) is 7.63. The van der Waals surface area contributed by atoms with Crippen LogP contribution in [0.3, 0.4) is 0 Å². The highest BCUT2D eigenvalue weighted by Crippen LogP contribution is 2.25. The van der Waals surface area contributed by atoms with Gasteiger partial charge in [0.25, 0.3) is 0 Å². The lowest BCUT2D eigenvalue weighted by Gasteiger charge is -2.35. The lowest BCUT2D eigenvalue weighted by atomic mass is 9.98. The van der Waals surface area contributed by atoms with E-state index in [1.807, 2.05) is 6.07 Å². The van der Waals surface area contributed by atoms with Crippen LogP contribution in [-0.4, -0.2) is 29.0 Å². The Hall–Kier alpha value is -1.52. The van der Waals surface area contributed by atoms with Crippen LogP contribution in [0.4, 0.5) is 4.39 Å². The van der Waals surface area contributed by atoms with Gasteiger partial charge in [0, 0.05) is 24.2 Å². The van der Waals surface area contributed by atoms with Crippen LogP contribution in [0.1, 0.15) is 31.2 Å². The van der Waals surface area contributed by atoms with Crippen molar-refractivity contribution in [1.82, 2.24) is 9.88 Å². The molecule has 3 rings (SSSR count). The first-order chi connectivity index (χ1) is 10.3. The largest absolute Gasteiger partial charge is 0.330 e. The molecular formula is C17H22FN3. The third kappa shape index (κ3) is 3.06. The predicted octanol–water partition coefficient (Wildman–Crippen LogP) is 3.08. The molecule has 3 nitrogen and oxygen atoms in total. The van der Waals surface area contributed by atoms with Gasteiger partial charge in [-0.05, 0) is 56.1 Å². The van der Waals surface area contributed by atoms with E-state index in [-0.39, 0.29) is 5.82 Å². The van der Waals surface area contributed by atoms with Gasteiger partial charge in [0.05, 0.1) is 5.52 Å². The maximum atomic E-state index is 13.9. The Morgan fingerprint density at radius 1 is 1.29 bits per heavy atom.